The van der Waals surface area contributed by atoms with Crippen LogP contribution in [0.4, 0.5) is 0 Å². The second-order valence-corrected chi connectivity index (χ2v) is 10.2. The summed E-state index contributed by atoms with van der Waals surface area (Å²) in [6, 6.07) is 45.1. The summed E-state index contributed by atoms with van der Waals surface area (Å²) in [6.07, 6.45) is 1.87. The number of nitrogens with zero attached hydrogens (tertiary/aromatic N) is 5. The Morgan fingerprint density at radius 2 is 1.00 bits per heavy atom. The Kier molecular flexibility index (Phi) is 5.71. The van der Waals surface area contributed by atoms with Crippen molar-refractivity contribution in [2.75, 3.05) is 0 Å². The first-order valence-corrected chi connectivity index (χ1v) is 13.9. The van der Waals surface area contributed by atoms with Gasteiger partial charge in [0.1, 0.15) is 5.69 Å². The number of aromatic nitrogens is 5. The number of rotatable bonds is 4. The molecule has 0 aliphatic heterocycles. The highest BCUT2D eigenvalue weighted by atomic mass is 15.0. The Bertz CT molecular complexity index is 2160. The second kappa shape index (κ2) is 9.98. The number of benzene rings is 5. The van der Waals surface area contributed by atoms with Gasteiger partial charge in [0.15, 0.2) is 17.5 Å². The minimum atomic E-state index is 0.525. The van der Waals surface area contributed by atoms with Crippen LogP contribution in [-0.4, -0.2) is 24.9 Å². The molecular formula is C37H23N5. The molecule has 5 nitrogen and oxygen atoms in total. The Labute approximate surface area is 242 Å². The summed E-state index contributed by atoms with van der Waals surface area (Å²) < 4.78 is 0. The Hall–Kier alpha value is -5.81. The fraction of sp³-hybridized carbons (Fsp3) is 0. The molecule has 0 spiro atoms. The normalized spacial score (nSPS) is 11.3. The Morgan fingerprint density at radius 1 is 0.381 bits per heavy atom. The average molecular weight is 538 g/mol. The van der Waals surface area contributed by atoms with E-state index in [-0.39, 0.29) is 0 Å². The molecule has 8 rings (SSSR count). The highest BCUT2D eigenvalue weighted by Crippen LogP contribution is 2.37. The number of hydrogen-bond donors (Lipinski definition) is 0. The maximum absolute atomic E-state index is 5.11. The van der Waals surface area contributed by atoms with E-state index in [9.17, 15) is 0 Å². The fourth-order valence-electron chi connectivity index (χ4n) is 5.53. The molecule has 0 N–H and O–H groups in total. The molecule has 0 aliphatic rings. The van der Waals surface area contributed by atoms with E-state index in [1.807, 2.05) is 79.0 Å². The number of para-hydroxylation sites is 1. The third-order valence-electron chi connectivity index (χ3n) is 7.56. The molecular weight excluding hydrogens is 514 g/mol. The summed E-state index contributed by atoms with van der Waals surface area (Å²) in [6.45, 7) is 0. The highest BCUT2D eigenvalue weighted by Gasteiger charge is 2.16. The second-order valence-electron chi connectivity index (χ2n) is 10.2. The van der Waals surface area contributed by atoms with Crippen molar-refractivity contribution < 1.29 is 0 Å². The molecule has 5 aromatic carbocycles. The van der Waals surface area contributed by atoms with E-state index >= 15 is 0 Å². The van der Waals surface area contributed by atoms with Crippen LogP contribution in [-0.2, 0) is 0 Å². The van der Waals surface area contributed by atoms with Crippen LogP contribution in [0.5, 0.6) is 0 Å². The van der Waals surface area contributed by atoms with Crippen LogP contribution >= 0.6 is 0 Å². The molecule has 42 heavy (non-hydrogen) atoms. The fourth-order valence-corrected chi connectivity index (χ4v) is 5.53. The Morgan fingerprint density at radius 3 is 1.69 bits per heavy atom. The topological polar surface area (TPSA) is 64.5 Å². The third-order valence-corrected chi connectivity index (χ3v) is 7.56. The molecule has 0 unspecified atom stereocenters. The molecule has 3 aromatic heterocycles. The van der Waals surface area contributed by atoms with Gasteiger partial charge in [0.2, 0.25) is 0 Å². The first-order valence-electron chi connectivity index (χ1n) is 13.9. The van der Waals surface area contributed by atoms with Crippen molar-refractivity contribution >= 4 is 32.4 Å². The van der Waals surface area contributed by atoms with Gasteiger partial charge >= 0.3 is 0 Å². The van der Waals surface area contributed by atoms with E-state index in [4.69, 9.17) is 24.9 Å². The van der Waals surface area contributed by atoms with Gasteiger partial charge in [-0.3, -0.25) is 4.98 Å². The summed E-state index contributed by atoms with van der Waals surface area (Å²) in [4.78, 5) is 24.4. The van der Waals surface area contributed by atoms with E-state index < -0.39 is 0 Å². The quantitative estimate of drug-likeness (QED) is 0.210. The lowest BCUT2D eigenvalue weighted by Crippen LogP contribution is -2.01. The molecule has 196 valence electrons. The zero-order valence-corrected chi connectivity index (χ0v) is 22.5. The summed E-state index contributed by atoms with van der Waals surface area (Å²) in [5.41, 5.74) is 5.32. The van der Waals surface area contributed by atoms with Gasteiger partial charge in [0.25, 0.3) is 0 Å². The van der Waals surface area contributed by atoms with Gasteiger partial charge in [0.05, 0.1) is 11.2 Å². The van der Waals surface area contributed by atoms with Crippen LogP contribution in [0, 0.1) is 0 Å². The summed E-state index contributed by atoms with van der Waals surface area (Å²) in [5.74, 6) is 1.75. The zero-order valence-electron chi connectivity index (χ0n) is 22.5. The van der Waals surface area contributed by atoms with Crippen molar-refractivity contribution in [3.63, 3.8) is 0 Å². The van der Waals surface area contributed by atoms with E-state index in [1.54, 1.807) is 0 Å². The highest BCUT2D eigenvalue weighted by molar-refractivity contribution is 6.22. The minimum Gasteiger partial charge on any atom is -0.252 e. The molecule has 5 heteroatoms. The third kappa shape index (κ3) is 4.16. The SMILES string of the molecule is c1ccc(-c2nc(-c3ccccc3)nc(-c3ccc(-c4nc5ccccc5c5c4ccc4ccccc45)cn3)n2)cc1. The number of fused-ring (bicyclic) bond motifs is 5. The molecule has 0 aliphatic carbocycles. The van der Waals surface area contributed by atoms with E-state index in [2.05, 4.69) is 60.7 Å². The van der Waals surface area contributed by atoms with Gasteiger partial charge in [-0.1, -0.05) is 115 Å². The van der Waals surface area contributed by atoms with Gasteiger partial charge in [-0.25, -0.2) is 19.9 Å². The van der Waals surface area contributed by atoms with Crippen LogP contribution in [0.2, 0.25) is 0 Å². The van der Waals surface area contributed by atoms with E-state index in [0.29, 0.717) is 23.2 Å². The molecule has 8 aromatic rings. The van der Waals surface area contributed by atoms with Crippen LogP contribution in [0.3, 0.4) is 0 Å². The van der Waals surface area contributed by atoms with Crippen molar-refractivity contribution in [3.05, 3.63) is 140 Å². The largest absolute Gasteiger partial charge is 0.252 e. The molecule has 0 saturated carbocycles. The van der Waals surface area contributed by atoms with Crippen molar-refractivity contribution in [2.45, 2.75) is 0 Å². The molecule has 0 atom stereocenters. The molecule has 0 bridgehead atoms. The number of hydrogen-bond acceptors (Lipinski definition) is 5. The molecule has 0 fully saturated rings. The predicted octanol–water partition coefficient (Wildman–Crippen LogP) is 8.79. The van der Waals surface area contributed by atoms with Crippen molar-refractivity contribution in [1.82, 2.24) is 24.9 Å². The minimum absolute atomic E-state index is 0.525. The molecule has 3 heterocycles. The number of pyridine rings is 2. The summed E-state index contributed by atoms with van der Waals surface area (Å²) in [7, 11) is 0. The zero-order chi connectivity index (χ0) is 27.9. The van der Waals surface area contributed by atoms with Gasteiger partial charge in [-0.2, -0.15) is 0 Å². The maximum atomic E-state index is 5.11. The van der Waals surface area contributed by atoms with Crippen LogP contribution in [0.1, 0.15) is 0 Å². The van der Waals surface area contributed by atoms with Crippen LogP contribution < -0.4 is 0 Å². The van der Waals surface area contributed by atoms with Crippen LogP contribution in [0.15, 0.2) is 140 Å². The van der Waals surface area contributed by atoms with Crippen molar-refractivity contribution in [3.8, 4) is 45.6 Å². The smallest absolute Gasteiger partial charge is 0.182 e. The lowest BCUT2D eigenvalue weighted by Gasteiger charge is -2.13. The van der Waals surface area contributed by atoms with Gasteiger partial charge < -0.3 is 0 Å². The van der Waals surface area contributed by atoms with Gasteiger partial charge in [-0.05, 0) is 29.0 Å². The predicted molar refractivity (Wildman–Crippen MR) is 170 cm³/mol. The van der Waals surface area contributed by atoms with Crippen LogP contribution in [0.25, 0.3) is 78.0 Å². The lowest BCUT2D eigenvalue weighted by molar-refractivity contribution is 1.06. The van der Waals surface area contributed by atoms with E-state index in [0.717, 1.165) is 38.7 Å². The Balaban J connectivity index is 1.28. The van der Waals surface area contributed by atoms with Crippen molar-refractivity contribution in [1.29, 1.82) is 0 Å². The van der Waals surface area contributed by atoms with Crippen molar-refractivity contribution in [2.24, 2.45) is 0 Å². The molecule has 0 amide bonds. The first kappa shape index (κ1) is 24.0. The van der Waals surface area contributed by atoms with Gasteiger partial charge in [0, 0.05) is 39.0 Å². The molecule has 0 radical (unpaired) electrons. The maximum Gasteiger partial charge on any atom is 0.182 e. The van der Waals surface area contributed by atoms with E-state index in [1.165, 1.54) is 16.2 Å². The van der Waals surface area contributed by atoms with Gasteiger partial charge in [-0.15, -0.1) is 0 Å². The first-order chi connectivity index (χ1) is 20.8. The average Bonchev–Trinajstić information content (AvgIpc) is 3.08. The summed E-state index contributed by atoms with van der Waals surface area (Å²) in [5, 5.41) is 5.87. The lowest BCUT2D eigenvalue weighted by atomic mass is 9.95. The summed E-state index contributed by atoms with van der Waals surface area (Å²) >= 11 is 0. The standard InChI is InChI=1S/C37H23N5/c1-3-12-25(13-4-1)35-40-36(26-14-5-2-6-15-26)42-37(41-35)32-22-20-27(23-38-32)34-30-21-19-24-11-7-8-16-28(24)33(30)29-17-9-10-18-31(29)39-34/h1-23H. The molecule has 0 saturated heterocycles. The monoisotopic (exact) mass is 537 g/mol.